The summed E-state index contributed by atoms with van der Waals surface area (Å²) in [6.45, 7) is -0.411. The maximum absolute atomic E-state index is 12.0. The van der Waals surface area contributed by atoms with E-state index in [1.165, 1.54) is 19.6 Å². The fourth-order valence-electron chi connectivity index (χ4n) is 2.13. The number of para-hydroxylation sites is 2. The molecule has 1 heterocycles. The Morgan fingerprint density at radius 1 is 1.21 bits per heavy atom. The molecule has 122 valence electrons. The Labute approximate surface area is 137 Å². The van der Waals surface area contributed by atoms with Crippen LogP contribution in [0, 0.1) is 0 Å². The van der Waals surface area contributed by atoms with Crippen LogP contribution in [0.25, 0.3) is 11.1 Å². The van der Waals surface area contributed by atoms with Crippen LogP contribution < -0.4 is 10.1 Å². The highest BCUT2D eigenvalue weighted by Gasteiger charge is 2.13. The Kier molecular flexibility index (Phi) is 4.42. The summed E-state index contributed by atoms with van der Waals surface area (Å²) in [5.41, 5.74) is 1.90. The van der Waals surface area contributed by atoms with Crippen LogP contribution in [0.2, 0.25) is 0 Å². The van der Waals surface area contributed by atoms with Gasteiger partial charge in [0.2, 0.25) is 0 Å². The lowest BCUT2D eigenvalue weighted by Gasteiger charge is -2.10. The van der Waals surface area contributed by atoms with E-state index in [4.69, 9.17) is 13.9 Å². The highest BCUT2D eigenvalue weighted by Crippen LogP contribution is 2.22. The van der Waals surface area contributed by atoms with Gasteiger partial charge in [-0.15, -0.1) is 0 Å². The lowest BCUT2D eigenvalue weighted by Crippen LogP contribution is -2.21. The molecule has 0 fully saturated rings. The Morgan fingerprint density at radius 2 is 2.04 bits per heavy atom. The molecular weight excluding hydrogens is 312 g/mol. The fraction of sp³-hybridized carbons (Fsp3) is 0.118. The van der Waals surface area contributed by atoms with Gasteiger partial charge in [-0.1, -0.05) is 12.1 Å². The number of carbonyl (C=O) groups is 2. The SMILES string of the molecule is COc1ccccc1NC(=O)COC(=O)c1ccc2ncoc2c1. The van der Waals surface area contributed by atoms with E-state index in [-0.39, 0.29) is 5.56 Å². The number of methoxy groups -OCH3 is 1. The molecule has 7 heteroatoms. The van der Waals surface area contributed by atoms with Crippen LogP contribution in [-0.2, 0) is 9.53 Å². The second-order valence-electron chi connectivity index (χ2n) is 4.86. The summed E-state index contributed by atoms with van der Waals surface area (Å²) >= 11 is 0. The molecule has 3 aromatic rings. The van der Waals surface area contributed by atoms with E-state index in [9.17, 15) is 9.59 Å². The number of nitrogens with zero attached hydrogens (tertiary/aromatic N) is 1. The van der Waals surface area contributed by atoms with E-state index in [2.05, 4.69) is 10.3 Å². The van der Waals surface area contributed by atoms with Crippen molar-refractivity contribution >= 4 is 28.7 Å². The summed E-state index contributed by atoms with van der Waals surface area (Å²) in [7, 11) is 1.50. The number of hydrogen-bond donors (Lipinski definition) is 1. The first-order valence-corrected chi connectivity index (χ1v) is 7.10. The molecule has 0 radical (unpaired) electrons. The monoisotopic (exact) mass is 326 g/mol. The number of rotatable bonds is 5. The molecule has 0 aliphatic rings. The quantitative estimate of drug-likeness (QED) is 0.725. The summed E-state index contributed by atoms with van der Waals surface area (Å²) in [6.07, 6.45) is 1.29. The van der Waals surface area contributed by atoms with Crippen molar-refractivity contribution in [2.45, 2.75) is 0 Å². The van der Waals surface area contributed by atoms with Gasteiger partial charge in [-0.2, -0.15) is 0 Å². The zero-order valence-corrected chi connectivity index (χ0v) is 12.8. The second-order valence-corrected chi connectivity index (χ2v) is 4.86. The third-order valence-corrected chi connectivity index (χ3v) is 3.28. The van der Waals surface area contributed by atoms with E-state index in [0.29, 0.717) is 22.5 Å². The number of nitrogens with one attached hydrogen (secondary N) is 1. The molecule has 7 nitrogen and oxygen atoms in total. The Balaban J connectivity index is 1.60. The topological polar surface area (TPSA) is 90.7 Å². The second kappa shape index (κ2) is 6.82. The predicted octanol–water partition coefficient (Wildman–Crippen LogP) is 2.63. The maximum Gasteiger partial charge on any atom is 0.338 e. The minimum Gasteiger partial charge on any atom is -0.495 e. The maximum atomic E-state index is 12.0. The van der Waals surface area contributed by atoms with E-state index < -0.39 is 18.5 Å². The van der Waals surface area contributed by atoms with Gasteiger partial charge in [0.25, 0.3) is 5.91 Å². The number of ether oxygens (including phenoxy) is 2. The summed E-state index contributed by atoms with van der Waals surface area (Å²) in [6, 6.07) is 11.7. The first-order valence-electron chi connectivity index (χ1n) is 7.10. The molecule has 1 amide bonds. The summed E-state index contributed by atoms with van der Waals surface area (Å²) in [5, 5.41) is 2.62. The number of esters is 1. The van der Waals surface area contributed by atoms with E-state index in [1.54, 1.807) is 36.4 Å². The van der Waals surface area contributed by atoms with Crippen molar-refractivity contribution in [2.75, 3.05) is 19.0 Å². The molecule has 0 saturated carbocycles. The molecule has 0 saturated heterocycles. The van der Waals surface area contributed by atoms with Crippen molar-refractivity contribution in [2.24, 2.45) is 0 Å². The molecule has 1 N–H and O–H groups in total. The van der Waals surface area contributed by atoms with Crippen LogP contribution in [0.3, 0.4) is 0 Å². The molecule has 3 rings (SSSR count). The van der Waals surface area contributed by atoms with E-state index >= 15 is 0 Å². The van der Waals surface area contributed by atoms with E-state index in [0.717, 1.165) is 0 Å². The molecule has 0 aliphatic heterocycles. The Hall–Kier alpha value is -3.35. The molecule has 1 aromatic heterocycles. The number of aromatic nitrogens is 1. The van der Waals surface area contributed by atoms with Gasteiger partial charge in [-0.3, -0.25) is 4.79 Å². The van der Waals surface area contributed by atoms with Gasteiger partial charge in [0.1, 0.15) is 11.3 Å². The molecule has 0 bridgehead atoms. The zero-order valence-electron chi connectivity index (χ0n) is 12.8. The minimum absolute atomic E-state index is 0.282. The predicted molar refractivity (Wildman–Crippen MR) is 85.9 cm³/mol. The Morgan fingerprint density at radius 3 is 2.88 bits per heavy atom. The zero-order chi connectivity index (χ0) is 16.9. The number of carbonyl (C=O) groups excluding carboxylic acids is 2. The first kappa shape index (κ1) is 15.5. The molecule has 0 atom stereocenters. The normalized spacial score (nSPS) is 10.4. The van der Waals surface area contributed by atoms with Crippen LogP contribution in [0.15, 0.2) is 53.3 Å². The number of anilines is 1. The van der Waals surface area contributed by atoms with Gasteiger partial charge in [0, 0.05) is 0 Å². The van der Waals surface area contributed by atoms with Gasteiger partial charge in [0.15, 0.2) is 18.6 Å². The van der Waals surface area contributed by atoms with Crippen LogP contribution in [0.4, 0.5) is 5.69 Å². The lowest BCUT2D eigenvalue weighted by molar-refractivity contribution is -0.119. The summed E-state index contributed by atoms with van der Waals surface area (Å²) in [5.74, 6) is -0.565. The average molecular weight is 326 g/mol. The van der Waals surface area contributed by atoms with Gasteiger partial charge in [-0.05, 0) is 30.3 Å². The van der Waals surface area contributed by atoms with Crippen molar-refractivity contribution in [1.82, 2.24) is 4.98 Å². The van der Waals surface area contributed by atoms with Crippen molar-refractivity contribution in [3.63, 3.8) is 0 Å². The van der Waals surface area contributed by atoms with Crippen molar-refractivity contribution in [1.29, 1.82) is 0 Å². The molecule has 0 spiro atoms. The summed E-state index contributed by atoms with van der Waals surface area (Å²) in [4.78, 5) is 27.9. The number of amides is 1. The lowest BCUT2D eigenvalue weighted by atomic mass is 10.2. The first-order chi connectivity index (χ1) is 11.7. The number of hydrogen-bond acceptors (Lipinski definition) is 6. The standard InChI is InChI=1S/C17H14N2O5/c1-22-14-5-3-2-4-13(14)19-16(20)9-23-17(21)11-6-7-12-15(8-11)24-10-18-12/h2-8,10H,9H2,1H3,(H,19,20). The fourth-order valence-corrected chi connectivity index (χ4v) is 2.13. The highest BCUT2D eigenvalue weighted by molar-refractivity contribution is 5.97. The number of oxazole rings is 1. The molecule has 24 heavy (non-hydrogen) atoms. The van der Waals surface area contributed by atoms with Crippen molar-refractivity contribution in [3.05, 3.63) is 54.4 Å². The molecule has 2 aromatic carbocycles. The van der Waals surface area contributed by atoms with E-state index in [1.807, 2.05) is 0 Å². The van der Waals surface area contributed by atoms with Crippen LogP contribution in [0.5, 0.6) is 5.75 Å². The largest absolute Gasteiger partial charge is 0.495 e. The average Bonchev–Trinajstić information content (AvgIpc) is 3.07. The molecule has 0 aliphatic carbocycles. The van der Waals surface area contributed by atoms with Crippen molar-refractivity contribution in [3.8, 4) is 5.75 Å². The molecule has 0 unspecified atom stereocenters. The smallest absolute Gasteiger partial charge is 0.338 e. The third-order valence-electron chi connectivity index (χ3n) is 3.28. The van der Waals surface area contributed by atoms with Crippen molar-refractivity contribution < 1.29 is 23.5 Å². The highest BCUT2D eigenvalue weighted by atomic mass is 16.5. The number of fused-ring (bicyclic) bond motifs is 1. The molecular formula is C17H14N2O5. The van der Waals surface area contributed by atoms with Gasteiger partial charge < -0.3 is 19.2 Å². The van der Waals surface area contributed by atoms with Crippen LogP contribution in [0.1, 0.15) is 10.4 Å². The number of benzene rings is 2. The van der Waals surface area contributed by atoms with Crippen LogP contribution >= 0.6 is 0 Å². The van der Waals surface area contributed by atoms with Gasteiger partial charge in [0.05, 0.1) is 18.4 Å². The Bertz CT molecular complexity index is 887. The van der Waals surface area contributed by atoms with Gasteiger partial charge in [-0.25, -0.2) is 9.78 Å². The summed E-state index contributed by atoms with van der Waals surface area (Å²) < 4.78 is 15.3. The van der Waals surface area contributed by atoms with Crippen LogP contribution in [-0.4, -0.2) is 30.6 Å². The minimum atomic E-state index is -0.622. The van der Waals surface area contributed by atoms with Gasteiger partial charge >= 0.3 is 5.97 Å². The third kappa shape index (κ3) is 3.35.